The van der Waals surface area contributed by atoms with Gasteiger partial charge < -0.3 is 10.3 Å². The van der Waals surface area contributed by atoms with E-state index in [9.17, 15) is 13.6 Å². The first-order valence-corrected chi connectivity index (χ1v) is 3.33. The number of alkyl halides is 2. The molecule has 0 fully saturated rings. The third-order valence-corrected chi connectivity index (χ3v) is 1.38. The molecule has 1 rings (SSSR count). The van der Waals surface area contributed by atoms with Gasteiger partial charge in [0, 0.05) is 12.4 Å². The maximum absolute atomic E-state index is 11.8. The third-order valence-electron chi connectivity index (χ3n) is 1.38. The molecule has 0 atom stereocenters. The zero-order chi connectivity index (χ0) is 9.14. The van der Waals surface area contributed by atoms with E-state index in [0.717, 1.165) is 0 Å². The van der Waals surface area contributed by atoms with Crippen LogP contribution in [-0.4, -0.2) is 16.9 Å². The highest BCUT2D eigenvalue weighted by molar-refractivity contribution is 5.92. The van der Waals surface area contributed by atoms with Gasteiger partial charge in [0.15, 0.2) is 0 Å². The van der Waals surface area contributed by atoms with Gasteiger partial charge in [0.05, 0.1) is 12.1 Å². The van der Waals surface area contributed by atoms with Gasteiger partial charge in [-0.05, 0) is 6.07 Å². The lowest BCUT2D eigenvalue weighted by Gasteiger charge is -1.99. The Bertz CT molecular complexity index is 283. The number of primary amides is 1. The van der Waals surface area contributed by atoms with Crippen LogP contribution in [0.3, 0.4) is 0 Å². The molecule has 0 bridgehead atoms. The molecule has 0 aliphatic heterocycles. The molecular formula is C7H8F2N2O. The third kappa shape index (κ3) is 2.05. The van der Waals surface area contributed by atoms with Crippen molar-refractivity contribution in [3.8, 4) is 0 Å². The maximum Gasteiger partial charge on any atom is 0.256 e. The van der Waals surface area contributed by atoms with Crippen molar-refractivity contribution in [1.82, 2.24) is 4.57 Å². The van der Waals surface area contributed by atoms with E-state index in [1.165, 1.54) is 23.0 Å². The molecule has 1 heterocycles. The minimum absolute atomic E-state index is 0.246. The maximum atomic E-state index is 11.8. The average molecular weight is 174 g/mol. The first kappa shape index (κ1) is 8.70. The Morgan fingerprint density at radius 2 is 2.33 bits per heavy atom. The van der Waals surface area contributed by atoms with Crippen molar-refractivity contribution in [2.75, 3.05) is 0 Å². The molecule has 0 aliphatic carbocycles. The number of carbonyl (C=O) groups is 1. The van der Waals surface area contributed by atoms with Crippen molar-refractivity contribution in [1.29, 1.82) is 0 Å². The SMILES string of the molecule is NC(=O)c1ccn(CC(F)F)c1. The molecule has 66 valence electrons. The summed E-state index contributed by atoms with van der Waals surface area (Å²) in [6, 6.07) is 1.41. The van der Waals surface area contributed by atoms with Gasteiger partial charge >= 0.3 is 0 Å². The quantitative estimate of drug-likeness (QED) is 0.725. The van der Waals surface area contributed by atoms with Crippen LogP contribution in [0.4, 0.5) is 8.78 Å². The molecule has 0 spiro atoms. The zero-order valence-electron chi connectivity index (χ0n) is 6.21. The molecule has 3 nitrogen and oxygen atoms in total. The minimum Gasteiger partial charge on any atom is -0.366 e. The van der Waals surface area contributed by atoms with Gasteiger partial charge in [0.2, 0.25) is 5.91 Å². The fourth-order valence-electron chi connectivity index (χ4n) is 0.859. The number of aromatic nitrogens is 1. The highest BCUT2D eigenvalue weighted by Gasteiger charge is 2.06. The Morgan fingerprint density at radius 3 is 2.75 bits per heavy atom. The Kier molecular flexibility index (Phi) is 2.42. The fourth-order valence-corrected chi connectivity index (χ4v) is 0.859. The molecule has 12 heavy (non-hydrogen) atoms. The lowest BCUT2D eigenvalue weighted by molar-refractivity contribution is 0.0998. The number of hydrogen-bond donors (Lipinski definition) is 1. The van der Waals surface area contributed by atoms with Crippen molar-refractivity contribution >= 4 is 5.91 Å². The van der Waals surface area contributed by atoms with E-state index in [0.29, 0.717) is 0 Å². The number of amides is 1. The van der Waals surface area contributed by atoms with E-state index in [4.69, 9.17) is 5.73 Å². The van der Waals surface area contributed by atoms with Gasteiger partial charge in [0.25, 0.3) is 6.43 Å². The van der Waals surface area contributed by atoms with Crippen LogP contribution >= 0.6 is 0 Å². The standard InChI is InChI=1S/C7H8F2N2O/c8-6(9)4-11-2-1-5(3-11)7(10)12/h1-3,6H,4H2,(H2,10,12). The number of nitrogens with two attached hydrogens (primary N) is 1. The van der Waals surface area contributed by atoms with Crippen LogP contribution in [0.1, 0.15) is 10.4 Å². The van der Waals surface area contributed by atoms with Crippen LogP contribution in [0.25, 0.3) is 0 Å². The smallest absolute Gasteiger partial charge is 0.256 e. The van der Waals surface area contributed by atoms with Crippen LogP contribution in [0.15, 0.2) is 18.5 Å². The Labute approximate surface area is 67.8 Å². The van der Waals surface area contributed by atoms with E-state index in [-0.39, 0.29) is 5.56 Å². The van der Waals surface area contributed by atoms with Gasteiger partial charge in [-0.2, -0.15) is 0 Å². The normalized spacial score (nSPS) is 10.6. The highest BCUT2D eigenvalue weighted by Crippen LogP contribution is 2.03. The summed E-state index contributed by atoms with van der Waals surface area (Å²) in [5, 5.41) is 0. The van der Waals surface area contributed by atoms with Crippen molar-refractivity contribution in [2.24, 2.45) is 5.73 Å². The van der Waals surface area contributed by atoms with Gasteiger partial charge in [-0.25, -0.2) is 8.78 Å². The molecule has 0 radical (unpaired) electrons. The predicted molar refractivity (Wildman–Crippen MR) is 39.0 cm³/mol. The first-order valence-electron chi connectivity index (χ1n) is 3.33. The fraction of sp³-hybridized carbons (Fsp3) is 0.286. The summed E-state index contributed by atoms with van der Waals surface area (Å²) in [5.41, 5.74) is 5.16. The average Bonchev–Trinajstić information content (AvgIpc) is 2.34. The molecule has 0 unspecified atom stereocenters. The van der Waals surface area contributed by atoms with Gasteiger partial charge in [0.1, 0.15) is 0 Å². The molecule has 0 saturated carbocycles. The number of halogens is 2. The van der Waals surface area contributed by atoms with Crippen molar-refractivity contribution in [3.63, 3.8) is 0 Å². The second kappa shape index (κ2) is 3.34. The summed E-state index contributed by atoms with van der Waals surface area (Å²) in [7, 11) is 0. The van der Waals surface area contributed by atoms with E-state index in [1.54, 1.807) is 0 Å². The monoisotopic (exact) mass is 174 g/mol. The second-order valence-electron chi connectivity index (χ2n) is 2.35. The molecule has 0 aliphatic rings. The summed E-state index contributed by atoms with van der Waals surface area (Å²) < 4.78 is 24.8. The lowest BCUT2D eigenvalue weighted by atomic mass is 10.3. The summed E-state index contributed by atoms with van der Waals surface area (Å²) in [6.07, 6.45) is 0.277. The van der Waals surface area contributed by atoms with Crippen LogP contribution in [0.5, 0.6) is 0 Å². The van der Waals surface area contributed by atoms with E-state index < -0.39 is 18.9 Å². The van der Waals surface area contributed by atoms with Crippen LogP contribution in [0, 0.1) is 0 Å². The number of carbonyl (C=O) groups excluding carboxylic acids is 1. The van der Waals surface area contributed by atoms with E-state index >= 15 is 0 Å². The van der Waals surface area contributed by atoms with Crippen LogP contribution in [0.2, 0.25) is 0 Å². The van der Waals surface area contributed by atoms with Gasteiger partial charge in [-0.15, -0.1) is 0 Å². The topological polar surface area (TPSA) is 48.0 Å². The van der Waals surface area contributed by atoms with E-state index in [2.05, 4.69) is 0 Å². The first-order chi connectivity index (χ1) is 5.59. The van der Waals surface area contributed by atoms with Gasteiger partial charge in [-0.3, -0.25) is 4.79 Å². The zero-order valence-corrected chi connectivity index (χ0v) is 6.21. The highest BCUT2D eigenvalue weighted by atomic mass is 19.3. The number of hydrogen-bond acceptors (Lipinski definition) is 1. The number of nitrogens with zero attached hydrogens (tertiary/aromatic N) is 1. The summed E-state index contributed by atoms with van der Waals surface area (Å²) in [6.45, 7) is -0.409. The Morgan fingerprint density at radius 1 is 1.67 bits per heavy atom. The summed E-state index contributed by atoms with van der Waals surface area (Å²) >= 11 is 0. The molecule has 0 saturated heterocycles. The molecule has 0 aromatic carbocycles. The molecule has 5 heteroatoms. The Hall–Kier alpha value is -1.39. The van der Waals surface area contributed by atoms with Crippen molar-refractivity contribution < 1.29 is 13.6 Å². The molecule has 1 amide bonds. The second-order valence-corrected chi connectivity index (χ2v) is 2.35. The molecule has 2 N–H and O–H groups in total. The molecule has 1 aromatic heterocycles. The largest absolute Gasteiger partial charge is 0.366 e. The minimum atomic E-state index is -2.42. The molecule has 1 aromatic rings. The van der Waals surface area contributed by atoms with Crippen molar-refractivity contribution in [2.45, 2.75) is 13.0 Å². The molecular weight excluding hydrogens is 166 g/mol. The van der Waals surface area contributed by atoms with Crippen molar-refractivity contribution in [3.05, 3.63) is 24.0 Å². The van der Waals surface area contributed by atoms with Crippen LogP contribution in [-0.2, 0) is 6.54 Å². The lowest BCUT2D eigenvalue weighted by Crippen LogP contribution is -2.10. The summed E-state index contributed by atoms with van der Waals surface area (Å²) in [4.78, 5) is 10.5. The predicted octanol–water partition coefficient (Wildman–Crippen LogP) is 0.852. The summed E-state index contributed by atoms with van der Waals surface area (Å²) in [5.74, 6) is -0.608. The Balaban J connectivity index is 2.71. The number of rotatable bonds is 3. The van der Waals surface area contributed by atoms with E-state index in [1.807, 2.05) is 0 Å². The van der Waals surface area contributed by atoms with Crippen LogP contribution < -0.4 is 5.73 Å². The van der Waals surface area contributed by atoms with Gasteiger partial charge in [-0.1, -0.05) is 0 Å².